The standard InChI is InChI=1S/C21H31N5O/c1-27-21-19-16-18(6-7-20(19)22-17-23-21)26-14-12-25(13-15-26)11-10-24-8-4-2-3-5-9-24/h6-7,16-17H,2-5,8-15H2,1H3. The number of hydrogen-bond acceptors (Lipinski definition) is 6. The molecule has 0 radical (unpaired) electrons. The molecule has 2 aromatic rings. The molecular weight excluding hydrogens is 338 g/mol. The molecule has 1 aromatic carbocycles. The van der Waals surface area contributed by atoms with Gasteiger partial charge in [0.05, 0.1) is 18.0 Å². The van der Waals surface area contributed by atoms with E-state index in [1.165, 1.54) is 57.5 Å². The van der Waals surface area contributed by atoms with Crippen LogP contribution >= 0.6 is 0 Å². The number of ether oxygens (including phenoxy) is 1. The molecule has 0 bridgehead atoms. The highest BCUT2D eigenvalue weighted by atomic mass is 16.5. The van der Waals surface area contributed by atoms with Gasteiger partial charge in [0, 0.05) is 45.0 Å². The minimum atomic E-state index is 0.651. The Kier molecular flexibility index (Phi) is 6.04. The molecule has 4 rings (SSSR count). The van der Waals surface area contributed by atoms with E-state index in [1.54, 1.807) is 13.4 Å². The molecule has 27 heavy (non-hydrogen) atoms. The van der Waals surface area contributed by atoms with Gasteiger partial charge >= 0.3 is 0 Å². The third-order valence-corrected chi connectivity index (χ3v) is 5.94. The maximum atomic E-state index is 5.40. The fourth-order valence-electron chi connectivity index (χ4n) is 4.25. The lowest BCUT2D eigenvalue weighted by atomic mass is 10.2. The molecule has 2 aliphatic heterocycles. The molecule has 2 saturated heterocycles. The molecule has 6 nitrogen and oxygen atoms in total. The number of fused-ring (bicyclic) bond motifs is 1. The lowest BCUT2D eigenvalue weighted by molar-refractivity contribution is 0.200. The van der Waals surface area contributed by atoms with Crippen molar-refractivity contribution in [2.24, 2.45) is 0 Å². The summed E-state index contributed by atoms with van der Waals surface area (Å²) in [5, 5.41) is 0.987. The first-order valence-corrected chi connectivity index (χ1v) is 10.3. The van der Waals surface area contributed by atoms with Gasteiger partial charge in [-0.15, -0.1) is 0 Å². The molecule has 0 amide bonds. The van der Waals surface area contributed by atoms with E-state index < -0.39 is 0 Å². The van der Waals surface area contributed by atoms with Crippen LogP contribution in [0.1, 0.15) is 25.7 Å². The third-order valence-electron chi connectivity index (χ3n) is 5.94. The second-order valence-corrected chi connectivity index (χ2v) is 7.67. The van der Waals surface area contributed by atoms with E-state index in [4.69, 9.17) is 4.74 Å². The van der Waals surface area contributed by atoms with Crippen molar-refractivity contribution in [3.8, 4) is 5.88 Å². The van der Waals surface area contributed by atoms with Crippen molar-refractivity contribution in [3.05, 3.63) is 24.5 Å². The molecule has 2 aliphatic rings. The SMILES string of the molecule is COc1ncnc2ccc(N3CCN(CCN4CCCCCC4)CC3)cc12. The summed E-state index contributed by atoms with van der Waals surface area (Å²) in [5.74, 6) is 0.651. The van der Waals surface area contributed by atoms with Gasteiger partial charge in [0.15, 0.2) is 0 Å². The van der Waals surface area contributed by atoms with Crippen molar-refractivity contribution in [3.63, 3.8) is 0 Å². The molecule has 0 spiro atoms. The maximum absolute atomic E-state index is 5.40. The molecule has 0 aliphatic carbocycles. The van der Waals surface area contributed by atoms with Gasteiger partial charge in [-0.2, -0.15) is 0 Å². The number of anilines is 1. The molecule has 0 saturated carbocycles. The van der Waals surface area contributed by atoms with E-state index in [1.807, 2.05) is 0 Å². The van der Waals surface area contributed by atoms with Crippen LogP contribution in [0.2, 0.25) is 0 Å². The summed E-state index contributed by atoms with van der Waals surface area (Å²) in [5.41, 5.74) is 2.17. The smallest absolute Gasteiger partial charge is 0.224 e. The molecule has 3 heterocycles. The number of nitrogens with zero attached hydrogens (tertiary/aromatic N) is 5. The highest BCUT2D eigenvalue weighted by molar-refractivity contribution is 5.86. The van der Waals surface area contributed by atoms with Crippen molar-refractivity contribution in [2.75, 3.05) is 64.4 Å². The normalized spacial score (nSPS) is 20.0. The fourth-order valence-corrected chi connectivity index (χ4v) is 4.25. The molecule has 6 heteroatoms. The zero-order chi connectivity index (χ0) is 18.5. The van der Waals surface area contributed by atoms with E-state index >= 15 is 0 Å². The quantitative estimate of drug-likeness (QED) is 0.807. The minimum absolute atomic E-state index is 0.651. The van der Waals surface area contributed by atoms with E-state index in [2.05, 4.69) is 42.9 Å². The number of hydrogen-bond donors (Lipinski definition) is 0. The number of methoxy groups -OCH3 is 1. The van der Waals surface area contributed by atoms with Crippen LogP contribution in [-0.4, -0.2) is 79.2 Å². The van der Waals surface area contributed by atoms with Crippen LogP contribution < -0.4 is 9.64 Å². The largest absolute Gasteiger partial charge is 0.480 e. The molecule has 0 atom stereocenters. The lowest BCUT2D eigenvalue weighted by Crippen LogP contribution is -2.48. The minimum Gasteiger partial charge on any atom is -0.480 e. The van der Waals surface area contributed by atoms with E-state index in [9.17, 15) is 0 Å². The number of rotatable bonds is 5. The van der Waals surface area contributed by atoms with Crippen LogP contribution in [0.25, 0.3) is 10.9 Å². The van der Waals surface area contributed by atoms with Gasteiger partial charge < -0.3 is 14.5 Å². The Bertz CT molecular complexity index is 736. The van der Waals surface area contributed by atoms with Crippen LogP contribution in [0.4, 0.5) is 5.69 Å². The molecule has 146 valence electrons. The maximum Gasteiger partial charge on any atom is 0.224 e. The van der Waals surface area contributed by atoms with E-state index in [-0.39, 0.29) is 0 Å². The van der Waals surface area contributed by atoms with Gasteiger partial charge in [-0.1, -0.05) is 12.8 Å². The predicted molar refractivity (Wildman–Crippen MR) is 110 cm³/mol. The van der Waals surface area contributed by atoms with Gasteiger partial charge in [-0.05, 0) is 44.1 Å². The Hall–Kier alpha value is -1.92. The Morgan fingerprint density at radius 2 is 1.56 bits per heavy atom. The first-order valence-electron chi connectivity index (χ1n) is 10.3. The number of benzene rings is 1. The Morgan fingerprint density at radius 3 is 2.26 bits per heavy atom. The Balaban J connectivity index is 1.33. The first kappa shape index (κ1) is 18.4. The van der Waals surface area contributed by atoms with E-state index in [0.717, 1.165) is 37.1 Å². The predicted octanol–water partition coefficient (Wildman–Crippen LogP) is 2.64. The van der Waals surface area contributed by atoms with Crippen molar-refractivity contribution >= 4 is 16.6 Å². The van der Waals surface area contributed by atoms with Gasteiger partial charge in [-0.3, -0.25) is 4.90 Å². The number of aromatic nitrogens is 2. The lowest BCUT2D eigenvalue weighted by Gasteiger charge is -2.37. The van der Waals surface area contributed by atoms with Gasteiger partial charge in [0.2, 0.25) is 5.88 Å². The van der Waals surface area contributed by atoms with Crippen LogP contribution in [0.5, 0.6) is 5.88 Å². The molecule has 2 fully saturated rings. The summed E-state index contributed by atoms with van der Waals surface area (Å²) < 4.78 is 5.40. The average Bonchev–Trinajstić information content (AvgIpc) is 3.01. The number of likely N-dealkylation sites (tertiary alicyclic amines) is 1. The highest BCUT2D eigenvalue weighted by Gasteiger charge is 2.19. The summed E-state index contributed by atoms with van der Waals surface area (Å²) in [6.45, 7) is 9.42. The molecule has 0 N–H and O–H groups in total. The summed E-state index contributed by atoms with van der Waals surface area (Å²) in [7, 11) is 1.66. The van der Waals surface area contributed by atoms with Crippen LogP contribution in [0, 0.1) is 0 Å². The van der Waals surface area contributed by atoms with Gasteiger partial charge in [0.1, 0.15) is 6.33 Å². The van der Waals surface area contributed by atoms with Gasteiger partial charge in [-0.25, -0.2) is 9.97 Å². The number of piperazine rings is 1. The van der Waals surface area contributed by atoms with Crippen LogP contribution in [-0.2, 0) is 0 Å². The topological polar surface area (TPSA) is 44.7 Å². The average molecular weight is 370 g/mol. The molecule has 0 unspecified atom stereocenters. The zero-order valence-corrected chi connectivity index (χ0v) is 16.4. The molecular formula is C21H31N5O. The van der Waals surface area contributed by atoms with Crippen molar-refractivity contribution in [2.45, 2.75) is 25.7 Å². The highest BCUT2D eigenvalue weighted by Crippen LogP contribution is 2.27. The van der Waals surface area contributed by atoms with E-state index in [0.29, 0.717) is 5.88 Å². The second-order valence-electron chi connectivity index (χ2n) is 7.67. The summed E-state index contributed by atoms with van der Waals surface area (Å²) in [4.78, 5) is 16.3. The molecule has 1 aromatic heterocycles. The third kappa shape index (κ3) is 4.50. The fraction of sp³-hybridized carbons (Fsp3) is 0.619. The van der Waals surface area contributed by atoms with Crippen LogP contribution in [0.3, 0.4) is 0 Å². The van der Waals surface area contributed by atoms with Crippen molar-refractivity contribution in [1.29, 1.82) is 0 Å². The monoisotopic (exact) mass is 369 g/mol. The summed E-state index contributed by atoms with van der Waals surface area (Å²) in [6, 6.07) is 6.41. The Labute approximate surface area is 162 Å². The summed E-state index contributed by atoms with van der Waals surface area (Å²) >= 11 is 0. The van der Waals surface area contributed by atoms with Crippen molar-refractivity contribution in [1.82, 2.24) is 19.8 Å². The first-order chi connectivity index (χ1) is 13.3. The second kappa shape index (κ2) is 8.85. The zero-order valence-electron chi connectivity index (χ0n) is 16.4. The van der Waals surface area contributed by atoms with Gasteiger partial charge in [0.25, 0.3) is 0 Å². The Morgan fingerprint density at radius 1 is 0.852 bits per heavy atom. The van der Waals surface area contributed by atoms with Crippen LogP contribution in [0.15, 0.2) is 24.5 Å². The van der Waals surface area contributed by atoms with Crippen molar-refractivity contribution < 1.29 is 4.74 Å². The summed E-state index contributed by atoms with van der Waals surface area (Å²) in [6.07, 6.45) is 7.14.